The third kappa shape index (κ3) is 2.86. The molecule has 1 heterocycles. The van der Waals surface area contributed by atoms with Crippen molar-refractivity contribution in [3.8, 4) is 11.3 Å². The van der Waals surface area contributed by atoms with Gasteiger partial charge in [-0.05, 0) is 29.8 Å². The molecule has 4 nitrogen and oxygen atoms in total. The third-order valence-electron chi connectivity index (χ3n) is 3.30. The van der Waals surface area contributed by atoms with E-state index in [1.807, 2.05) is 18.2 Å². The second-order valence-electron chi connectivity index (χ2n) is 4.81. The fourth-order valence-corrected chi connectivity index (χ4v) is 2.54. The van der Waals surface area contributed by atoms with Crippen LogP contribution < -0.4 is 0 Å². The molecule has 1 aromatic heterocycles. The van der Waals surface area contributed by atoms with Gasteiger partial charge in [0.25, 0.3) is 0 Å². The molecule has 0 unspecified atom stereocenters. The Kier molecular flexibility index (Phi) is 4.18. The number of aromatic nitrogens is 3. The molecule has 0 aliphatic heterocycles. The molecule has 6 heteroatoms. The molecule has 0 aliphatic rings. The SMILES string of the molecule is OCc1nnn(Cc2cccc(Cl)c2)c1-c1ccccc1F. The summed E-state index contributed by atoms with van der Waals surface area (Å²) in [7, 11) is 0. The molecule has 0 fully saturated rings. The predicted molar refractivity (Wildman–Crippen MR) is 81.9 cm³/mol. The molecule has 0 bridgehead atoms. The first kappa shape index (κ1) is 14.7. The molecule has 0 saturated heterocycles. The summed E-state index contributed by atoms with van der Waals surface area (Å²) < 4.78 is 15.6. The van der Waals surface area contributed by atoms with Crippen LogP contribution in [-0.4, -0.2) is 20.1 Å². The van der Waals surface area contributed by atoms with Gasteiger partial charge in [-0.15, -0.1) is 5.10 Å². The number of hydrogen-bond donors (Lipinski definition) is 1. The van der Waals surface area contributed by atoms with Crippen LogP contribution in [0.3, 0.4) is 0 Å². The van der Waals surface area contributed by atoms with Crippen LogP contribution in [0.4, 0.5) is 4.39 Å². The van der Waals surface area contributed by atoms with E-state index in [0.29, 0.717) is 28.5 Å². The lowest BCUT2D eigenvalue weighted by Crippen LogP contribution is -2.05. The van der Waals surface area contributed by atoms with Crippen LogP contribution in [0, 0.1) is 5.82 Å². The minimum Gasteiger partial charge on any atom is -0.390 e. The molecule has 3 aromatic rings. The van der Waals surface area contributed by atoms with Crippen molar-refractivity contribution in [3.63, 3.8) is 0 Å². The highest BCUT2D eigenvalue weighted by atomic mass is 35.5. The second kappa shape index (κ2) is 6.25. The summed E-state index contributed by atoms with van der Waals surface area (Å²) in [5.74, 6) is -0.383. The van der Waals surface area contributed by atoms with E-state index in [1.165, 1.54) is 6.07 Å². The Bertz CT molecular complexity index is 804. The van der Waals surface area contributed by atoms with Crippen LogP contribution in [0.1, 0.15) is 11.3 Å². The first-order chi connectivity index (χ1) is 10.7. The number of nitrogens with zero attached hydrogens (tertiary/aromatic N) is 3. The molecule has 0 radical (unpaired) electrons. The van der Waals surface area contributed by atoms with Crippen LogP contribution in [-0.2, 0) is 13.2 Å². The first-order valence-electron chi connectivity index (χ1n) is 6.71. The van der Waals surface area contributed by atoms with Gasteiger partial charge in [-0.1, -0.05) is 41.1 Å². The maximum Gasteiger partial charge on any atom is 0.132 e. The minimum absolute atomic E-state index is 0.306. The number of aliphatic hydroxyl groups excluding tert-OH is 1. The van der Waals surface area contributed by atoms with E-state index in [2.05, 4.69) is 10.3 Å². The highest BCUT2D eigenvalue weighted by Crippen LogP contribution is 2.26. The largest absolute Gasteiger partial charge is 0.390 e. The Balaban J connectivity index is 2.06. The lowest BCUT2D eigenvalue weighted by Gasteiger charge is -2.09. The van der Waals surface area contributed by atoms with E-state index < -0.39 is 0 Å². The molecular formula is C16H13ClFN3O. The summed E-state index contributed by atoms with van der Waals surface area (Å²) in [5.41, 5.74) is 2.09. The summed E-state index contributed by atoms with van der Waals surface area (Å²) in [4.78, 5) is 0. The summed E-state index contributed by atoms with van der Waals surface area (Å²) in [5, 5.41) is 18.0. The van der Waals surface area contributed by atoms with Gasteiger partial charge in [0.2, 0.25) is 0 Å². The van der Waals surface area contributed by atoms with Gasteiger partial charge in [-0.3, -0.25) is 0 Å². The molecule has 22 heavy (non-hydrogen) atoms. The molecule has 2 aromatic carbocycles. The van der Waals surface area contributed by atoms with E-state index in [0.717, 1.165) is 5.56 Å². The van der Waals surface area contributed by atoms with Gasteiger partial charge in [0, 0.05) is 10.6 Å². The topological polar surface area (TPSA) is 50.9 Å². The average Bonchev–Trinajstić information content (AvgIpc) is 2.90. The van der Waals surface area contributed by atoms with E-state index in [4.69, 9.17) is 11.6 Å². The molecule has 0 atom stereocenters. The van der Waals surface area contributed by atoms with Crippen LogP contribution in [0.5, 0.6) is 0 Å². The smallest absolute Gasteiger partial charge is 0.132 e. The Morgan fingerprint density at radius 1 is 1.14 bits per heavy atom. The molecule has 0 amide bonds. The number of hydrogen-bond acceptors (Lipinski definition) is 3. The van der Waals surface area contributed by atoms with Crippen molar-refractivity contribution >= 4 is 11.6 Å². The number of aliphatic hydroxyl groups is 1. The second-order valence-corrected chi connectivity index (χ2v) is 5.25. The van der Waals surface area contributed by atoms with Gasteiger partial charge < -0.3 is 5.11 Å². The zero-order chi connectivity index (χ0) is 15.5. The van der Waals surface area contributed by atoms with Crippen LogP contribution in [0.25, 0.3) is 11.3 Å². The molecule has 112 valence electrons. The highest BCUT2D eigenvalue weighted by molar-refractivity contribution is 6.30. The van der Waals surface area contributed by atoms with E-state index in [9.17, 15) is 9.50 Å². The fourth-order valence-electron chi connectivity index (χ4n) is 2.32. The van der Waals surface area contributed by atoms with Crippen molar-refractivity contribution in [2.75, 3.05) is 0 Å². The van der Waals surface area contributed by atoms with E-state index >= 15 is 0 Å². The maximum atomic E-state index is 14.1. The third-order valence-corrected chi connectivity index (χ3v) is 3.54. The molecule has 0 spiro atoms. The standard InChI is InChI=1S/C16H13ClFN3O/c17-12-5-3-4-11(8-12)9-21-16(15(10-22)19-20-21)13-6-1-2-7-14(13)18/h1-8,22H,9-10H2. The van der Waals surface area contributed by atoms with Crippen molar-refractivity contribution in [2.45, 2.75) is 13.2 Å². The summed E-state index contributed by atoms with van der Waals surface area (Å²) in [6.45, 7) is 0.0798. The van der Waals surface area contributed by atoms with E-state index in [1.54, 1.807) is 28.9 Å². The van der Waals surface area contributed by atoms with Gasteiger partial charge in [0.15, 0.2) is 0 Å². The van der Waals surface area contributed by atoms with Crippen LogP contribution in [0.2, 0.25) is 5.02 Å². The maximum absolute atomic E-state index is 14.1. The van der Waals surface area contributed by atoms with Crippen molar-refractivity contribution < 1.29 is 9.50 Å². The zero-order valence-electron chi connectivity index (χ0n) is 11.6. The summed E-state index contributed by atoms with van der Waals surface area (Å²) >= 11 is 5.98. The van der Waals surface area contributed by atoms with E-state index in [-0.39, 0.29) is 12.4 Å². The Hall–Kier alpha value is -2.24. The molecule has 0 aliphatic carbocycles. The minimum atomic E-state index is -0.383. The number of benzene rings is 2. The van der Waals surface area contributed by atoms with Gasteiger partial charge in [0.05, 0.1) is 18.8 Å². The monoisotopic (exact) mass is 317 g/mol. The Morgan fingerprint density at radius 2 is 1.95 bits per heavy atom. The molecule has 1 N–H and O–H groups in total. The first-order valence-corrected chi connectivity index (χ1v) is 7.09. The van der Waals surface area contributed by atoms with Gasteiger partial charge in [-0.2, -0.15) is 0 Å². The van der Waals surface area contributed by atoms with Crippen molar-refractivity contribution in [2.24, 2.45) is 0 Å². The van der Waals surface area contributed by atoms with Crippen LogP contribution >= 0.6 is 11.6 Å². The lowest BCUT2D eigenvalue weighted by molar-refractivity contribution is 0.277. The molecule has 3 rings (SSSR count). The lowest BCUT2D eigenvalue weighted by atomic mass is 10.1. The van der Waals surface area contributed by atoms with Crippen molar-refractivity contribution in [3.05, 3.63) is 70.6 Å². The zero-order valence-corrected chi connectivity index (χ0v) is 12.3. The van der Waals surface area contributed by atoms with Crippen molar-refractivity contribution in [1.29, 1.82) is 0 Å². The van der Waals surface area contributed by atoms with Gasteiger partial charge in [-0.25, -0.2) is 9.07 Å². The summed E-state index contributed by atoms with van der Waals surface area (Å²) in [6, 6.07) is 13.7. The van der Waals surface area contributed by atoms with Gasteiger partial charge >= 0.3 is 0 Å². The normalized spacial score (nSPS) is 10.9. The number of halogens is 2. The summed E-state index contributed by atoms with van der Waals surface area (Å²) in [6.07, 6.45) is 0. The Labute approximate surface area is 131 Å². The molecular weight excluding hydrogens is 305 g/mol. The number of rotatable bonds is 4. The van der Waals surface area contributed by atoms with Crippen molar-refractivity contribution in [1.82, 2.24) is 15.0 Å². The predicted octanol–water partition coefficient (Wildman–Crippen LogP) is 3.28. The molecule has 0 saturated carbocycles. The Morgan fingerprint density at radius 3 is 2.68 bits per heavy atom. The van der Waals surface area contributed by atoms with Crippen LogP contribution in [0.15, 0.2) is 48.5 Å². The quantitative estimate of drug-likeness (QED) is 0.803. The average molecular weight is 318 g/mol. The van der Waals surface area contributed by atoms with Gasteiger partial charge in [0.1, 0.15) is 11.5 Å². The fraction of sp³-hybridized carbons (Fsp3) is 0.125. The highest BCUT2D eigenvalue weighted by Gasteiger charge is 2.17.